The van der Waals surface area contributed by atoms with Crippen LogP contribution in [0.2, 0.25) is 0 Å². The van der Waals surface area contributed by atoms with Gasteiger partial charge in [0, 0.05) is 32.6 Å². The predicted molar refractivity (Wildman–Crippen MR) is 104 cm³/mol. The summed E-state index contributed by atoms with van der Waals surface area (Å²) in [7, 11) is -3.77. The fraction of sp³-hybridized carbons (Fsp3) is 0.550. The fourth-order valence-electron chi connectivity index (χ4n) is 4.63. The number of hydrogen-bond donors (Lipinski definition) is 0. The van der Waals surface area contributed by atoms with Gasteiger partial charge in [0.1, 0.15) is 12.4 Å². The van der Waals surface area contributed by atoms with Crippen LogP contribution in [0.5, 0.6) is 0 Å². The summed E-state index contributed by atoms with van der Waals surface area (Å²) in [6.07, 6.45) is 3.42. The molecule has 0 unspecified atom stereocenters. The molecule has 8 nitrogen and oxygen atoms in total. The molecular weight excluding hydrogens is 413 g/mol. The van der Waals surface area contributed by atoms with Crippen LogP contribution in [-0.4, -0.2) is 73.0 Å². The number of sulfonamides is 1. The van der Waals surface area contributed by atoms with E-state index in [2.05, 4.69) is 0 Å². The van der Waals surface area contributed by atoms with E-state index in [1.165, 1.54) is 21.3 Å². The van der Waals surface area contributed by atoms with Crippen LogP contribution in [0.15, 0.2) is 29.2 Å². The second-order valence-electron chi connectivity index (χ2n) is 8.19. The van der Waals surface area contributed by atoms with Crippen LogP contribution in [0.25, 0.3) is 0 Å². The molecule has 1 aromatic rings. The number of rotatable bonds is 4. The van der Waals surface area contributed by atoms with Crippen molar-refractivity contribution in [2.45, 2.75) is 37.0 Å². The molecule has 0 atom stereocenters. The zero-order valence-electron chi connectivity index (χ0n) is 16.5. The minimum absolute atomic E-state index is 0.00111. The molecule has 162 valence electrons. The molecular formula is C20H24FN3O5S. The smallest absolute Gasteiger partial charge is 0.243 e. The Bertz CT molecular complexity index is 965. The highest BCUT2D eigenvalue weighted by molar-refractivity contribution is 7.89. The van der Waals surface area contributed by atoms with E-state index >= 15 is 0 Å². The molecule has 0 aromatic heterocycles. The Labute approximate surface area is 174 Å². The van der Waals surface area contributed by atoms with Gasteiger partial charge in [-0.15, -0.1) is 0 Å². The molecule has 4 rings (SSSR count). The number of halogens is 1. The number of likely N-dealkylation sites (tertiary alicyclic amines) is 1. The van der Waals surface area contributed by atoms with Gasteiger partial charge in [0.25, 0.3) is 0 Å². The van der Waals surface area contributed by atoms with Crippen LogP contribution in [0.1, 0.15) is 32.1 Å². The van der Waals surface area contributed by atoms with E-state index in [1.54, 1.807) is 0 Å². The summed E-state index contributed by atoms with van der Waals surface area (Å²) >= 11 is 0. The molecule has 30 heavy (non-hydrogen) atoms. The molecule has 1 aromatic carbocycles. The van der Waals surface area contributed by atoms with Gasteiger partial charge in [0.2, 0.25) is 27.7 Å². The van der Waals surface area contributed by atoms with Crippen LogP contribution in [0, 0.1) is 11.2 Å². The lowest BCUT2D eigenvalue weighted by molar-refractivity contribution is -0.147. The van der Waals surface area contributed by atoms with Crippen molar-refractivity contribution >= 4 is 27.7 Å². The number of nitrogens with zero attached hydrogens (tertiary/aromatic N) is 3. The van der Waals surface area contributed by atoms with Crippen molar-refractivity contribution in [1.29, 1.82) is 0 Å². The second kappa shape index (κ2) is 7.73. The Morgan fingerprint density at radius 3 is 2.20 bits per heavy atom. The Hall–Kier alpha value is -2.33. The molecule has 1 spiro atoms. The minimum Gasteiger partial charge on any atom is -0.338 e. The topological polar surface area (TPSA) is 95.1 Å². The van der Waals surface area contributed by atoms with Gasteiger partial charge in [-0.05, 0) is 37.1 Å². The van der Waals surface area contributed by atoms with Crippen LogP contribution in [0.3, 0.4) is 0 Å². The summed E-state index contributed by atoms with van der Waals surface area (Å²) in [5, 5.41) is 0. The quantitative estimate of drug-likeness (QED) is 0.655. The van der Waals surface area contributed by atoms with E-state index in [-0.39, 0.29) is 61.8 Å². The largest absolute Gasteiger partial charge is 0.338 e. The first kappa shape index (κ1) is 20.9. The highest BCUT2D eigenvalue weighted by atomic mass is 32.2. The lowest BCUT2D eigenvalue weighted by atomic mass is 9.84. The zero-order valence-corrected chi connectivity index (χ0v) is 17.4. The zero-order chi connectivity index (χ0) is 21.5. The first-order valence-electron chi connectivity index (χ1n) is 10.1. The van der Waals surface area contributed by atoms with Gasteiger partial charge >= 0.3 is 0 Å². The molecule has 3 aliphatic rings. The first-order valence-corrected chi connectivity index (χ1v) is 11.6. The molecule has 3 amide bonds. The number of carbonyl (C=O) groups is 3. The van der Waals surface area contributed by atoms with Crippen molar-refractivity contribution in [1.82, 2.24) is 14.1 Å². The van der Waals surface area contributed by atoms with Gasteiger partial charge in [0.15, 0.2) is 0 Å². The van der Waals surface area contributed by atoms with E-state index < -0.39 is 21.3 Å². The summed E-state index contributed by atoms with van der Waals surface area (Å²) in [6.45, 7) is 0.236. The molecule has 2 heterocycles. The van der Waals surface area contributed by atoms with Gasteiger partial charge in [-0.25, -0.2) is 12.8 Å². The molecule has 10 heteroatoms. The summed E-state index contributed by atoms with van der Waals surface area (Å²) in [5.41, 5.74) is -0.612. The highest BCUT2D eigenvalue weighted by Crippen LogP contribution is 2.46. The summed E-state index contributed by atoms with van der Waals surface area (Å²) in [6, 6.07) is 4.61. The van der Waals surface area contributed by atoms with Crippen molar-refractivity contribution in [2.75, 3.05) is 32.7 Å². The van der Waals surface area contributed by atoms with Gasteiger partial charge in [-0.3, -0.25) is 19.3 Å². The fourth-order valence-corrected chi connectivity index (χ4v) is 6.05. The van der Waals surface area contributed by atoms with E-state index in [0.717, 1.165) is 29.9 Å². The van der Waals surface area contributed by atoms with E-state index in [4.69, 9.17) is 0 Å². The van der Waals surface area contributed by atoms with Gasteiger partial charge in [-0.2, -0.15) is 4.31 Å². The Morgan fingerprint density at radius 1 is 1.00 bits per heavy atom. The Balaban J connectivity index is 1.36. The van der Waals surface area contributed by atoms with E-state index in [1.807, 2.05) is 0 Å². The molecule has 0 bridgehead atoms. The monoisotopic (exact) mass is 437 g/mol. The molecule has 1 saturated carbocycles. The van der Waals surface area contributed by atoms with Crippen molar-refractivity contribution in [2.24, 2.45) is 5.41 Å². The standard InChI is InChI=1S/C20H24FN3O5S/c21-15-3-5-16(6-4-15)30(28,29)23-11-9-22(10-12-23)18(26)14-24-17(25)13-20(19(24)27)7-1-2-8-20/h3-6H,1-2,7-14H2. The highest BCUT2D eigenvalue weighted by Gasteiger charge is 2.53. The number of hydrogen-bond acceptors (Lipinski definition) is 5. The number of amides is 3. The normalized spacial score (nSPS) is 22.3. The average molecular weight is 437 g/mol. The molecule has 0 radical (unpaired) electrons. The molecule has 0 N–H and O–H groups in total. The van der Waals surface area contributed by atoms with Crippen LogP contribution in [0.4, 0.5) is 4.39 Å². The SMILES string of the molecule is O=C(CN1C(=O)CC2(CCCC2)C1=O)N1CCN(S(=O)(=O)c2ccc(F)cc2)CC1. The maximum absolute atomic E-state index is 13.1. The minimum atomic E-state index is -3.77. The maximum Gasteiger partial charge on any atom is 0.243 e. The predicted octanol–water partition coefficient (Wildman–Crippen LogP) is 0.978. The van der Waals surface area contributed by atoms with Crippen LogP contribution in [-0.2, 0) is 24.4 Å². The molecule has 3 fully saturated rings. The number of benzene rings is 1. The van der Waals surface area contributed by atoms with Crippen molar-refractivity contribution in [3.63, 3.8) is 0 Å². The molecule has 2 saturated heterocycles. The van der Waals surface area contributed by atoms with Crippen LogP contribution >= 0.6 is 0 Å². The van der Waals surface area contributed by atoms with Crippen molar-refractivity contribution in [3.05, 3.63) is 30.1 Å². The second-order valence-corrected chi connectivity index (χ2v) is 10.1. The summed E-state index contributed by atoms with van der Waals surface area (Å²) < 4.78 is 39.7. The lowest BCUT2D eigenvalue weighted by Crippen LogP contribution is -2.53. The Morgan fingerprint density at radius 2 is 1.60 bits per heavy atom. The average Bonchev–Trinajstić information content (AvgIpc) is 3.29. The van der Waals surface area contributed by atoms with Gasteiger partial charge in [-0.1, -0.05) is 12.8 Å². The van der Waals surface area contributed by atoms with E-state index in [9.17, 15) is 27.2 Å². The number of carbonyl (C=O) groups excluding carboxylic acids is 3. The van der Waals surface area contributed by atoms with E-state index in [0.29, 0.717) is 12.8 Å². The van der Waals surface area contributed by atoms with Crippen molar-refractivity contribution in [3.8, 4) is 0 Å². The molecule has 2 aliphatic heterocycles. The lowest BCUT2D eigenvalue weighted by Gasteiger charge is -2.34. The number of piperazine rings is 1. The summed E-state index contributed by atoms with van der Waals surface area (Å²) in [5.74, 6) is -1.41. The third-order valence-corrected chi connectivity index (χ3v) is 8.30. The summed E-state index contributed by atoms with van der Waals surface area (Å²) in [4.78, 5) is 40.3. The maximum atomic E-state index is 13.1. The molecule has 1 aliphatic carbocycles. The van der Waals surface area contributed by atoms with Crippen molar-refractivity contribution < 1.29 is 27.2 Å². The third-order valence-electron chi connectivity index (χ3n) is 6.39. The van der Waals surface area contributed by atoms with Gasteiger partial charge in [0.05, 0.1) is 10.3 Å². The number of imide groups is 1. The van der Waals surface area contributed by atoms with Gasteiger partial charge < -0.3 is 4.90 Å². The first-order chi connectivity index (χ1) is 14.2. The third kappa shape index (κ3) is 3.62. The Kier molecular flexibility index (Phi) is 5.39. The van der Waals surface area contributed by atoms with Crippen LogP contribution < -0.4 is 0 Å².